The van der Waals surface area contributed by atoms with Crippen molar-refractivity contribution in [3.05, 3.63) is 59.2 Å². The van der Waals surface area contributed by atoms with E-state index in [0.717, 1.165) is 17.5 Å². The molecule has 0 aliphatic carbocycles. The van der Waals surface area contributed by atoms with Gasteiger partial charge in [-0.15, -0.1) is 0 Å². The largest absolute Gasteiger partial charge is 0.491 e. The Hall–Kier alpha value is -3.04. The third kappa shape index (κ3) is 8.29. The molecule has 0 saturated heterocycles. The molecular weight excluding hydrogens is 451 g/mol. The van der Waals surface area contributed by atoms with Gasteiger partial charge in [-0.05, 0) is 54.5 Å². The van der Waals surface area contributed by atoms with Crippen molar-refractivity contribution in [3.8, 4) is 5.75 Å². The number of ether oxygens (including phenoxy) is 1. The van der Waals surface area contributed by atoms with Crippen LogP contribution in [-0.2, 0) is 29.0 Å². The van der Waals surface area contributed by atoms with Gasteiger partial charge in [-0.2, -0.15) is 0 Å². The number of halogens is 1. The lowest BCUT2D eigenvalue weighted by molar-refractivity contribution is -0.135. The van der Waals surface area contributed by atoms with E-state index in [9.17, 15) is 19.1 Å². The number of hydrogen-bond donors (Lipinski definition) is 3. The van der Waals surface area contributed by atoms with Crippen LogP contribution in [0.25, 0.3) is 0 Å². The zero-order valence-corrected chi connectivity index (χ0v) is 20.4. The first kappa shape index (κ1) is 26.6. The first-order valence-corrected chi connectivity index (χ1v) is 12.1. The van der Waals surface area contributed by atoms with Crippen LogP contribution in [0, 0.1) is 5.82 Å². The second-order valence-corrected chi connectivity index (χ2v) is 8.95. The highest BCUT2D eigenvalue weighted by Gasteiger charge is 2.24. The van der Waals surface area contributed by atoms with E-state index in [-0.39, 0.29) is 43.5 Å². The van der Waals surface area contributed by atoms with E-state index in [1.165, 1.54) is 11.0 Å². The summed E-state index contributed by atoms with van der Waals surface area (Å²) in [5.74, 6) is -0.873. The number of rotatable bonds is 6. The zero-order valence-electron chi connectivity index (χ0n) is 20.4. The van der Waals surface area contributed by atoms with Gasteiger partial charge in [0, 0.05) is 39.0 Å². The Balaban J connectivity index is 1.71. The topological polar surface area (TPSA) is 104 Å². The molecule has 4 rings (SSSR count). The Morgan fingerprint density at radius 1 is 1.26 bits per heavy atom. The minimum Gasteiger partial charge on any atom is -0.491 e. The maximum absolute atomic E-state index is 14.6. The molecule has 190 valence electrons. The molecule has 0 radical (unpaired) electrons. The summed E-state index contributed by atoms with van der Waals surface area (Å²) in [6.07, 6.45) is 5.21. The fourth-order valence-electron chi connectivity index (χ4n) is 3.97. The number of pyridine rings is 1. The van der Waals surface area contributed by atoms with E-state index in [1.807, 2.05) is 6.20 Å². The van der Waals surface area contributed by atoms with Gasteiger partial charge in [-0.1, -0.05) is 19.1 Å². The fourth-order valence-corrected chi connectivity index (χ4v) is 3.97. The highest BCUT2D eigenvalue weighted by molar-refractivity contribution is 5.84. The van der Waals surface area contributed by atoms with E-state index in [2.05, 4.69) is 28.6 Å². The summed E-state index contributed by atoms with van der Waals surface area (Å²) >= 11 is 0. The molecule has 1 aromatic heterocycles. The van der Waals surface area contributed by atoms with Crippen molar-refractivity contribution in [1.29, 1.82) is 0 Å². The Bertz CT molecular complexity index is 1000. The standard InChI is InChI=1S/C26H35FN4O4/c1-3-18-10-20(14-28-13-18)15-29-16-23(32)22-12-19-7-8-24(21(27)11-19)35-9-5-4-6-26(34)31(2)17-25(33)30-22/h7-8,10-11,13-14,22-23,29,32H,3-6,9,12,15-17H2,1-2H3,(H,30,33). The average Bonchev–Trinajstić information content (AvgIpc) is 2.83. The summed E-state index contributed by atoms with van der Waals surface area (Å²) < 4.78 is 20.1. The molecule has 2 aliphatic heterocycles. The molecule has 3 heterocycles. The van der Waals surface area contributed by atoms with Crippen LogP contribution in [0.5, 0.6) is 5.75 Å². The molecule has 0 spiro atoms. The number of benzene rings is 1. The van der Waals surface area contributed by atoms with Gasteiger partial charge in [-0.25, -0.2) is 4.39 Å². The van der Waals surface area contributed by atoms with Gasteiger partial charge in [0.2, 0.25) is 11.8 Å². The molecule has 0 fully saturated rings. The molecule has 2 aliphatic rings. The van der Waals surface area contributed by atoms with Crippen LogP contribution in [0.2, 0.25) is 0 Å². The summed E-state index contributed by atoms with van der Waals surface area (Å²) in [4.78, 5) is 30.6. The van der Waals surface area contributed by atoms with Crippen LogP contribution >= 0.6 is 0 Å². The number of aryl methyl sites for hydroxylation is 1. The third-order valence-corrected chi connectivity index (χ3v) is 6.05. The van der Waals surface area contributed by atoms with Crippen molar-refractivity contribution >= 4 is 11.8 Å². The predicted octanol–water partition coefficient (Wildman–Crippen LogP) is 1.98. The first-order valence-electron chi connectivity index (χ1n) is 12.1. The number of fused-ring (bicyclic) bond motifs is 13. The van der Waals surface area contributed by atoms with Crippen LogP contribution in [0.1, 0.15) is 42.9 Å². The molecule has 8 nitrogen and oxygen atoms in total. The molecule has 2 amide bonds. The summed E-state index contributed by atoms with van der Waals surface area (Å²) in [5, 5.41) is 17.0. The van der Waals surface area contributed by atoms with Gasteiger partial charge >= 0.3 is 0 Å². The summed E-state index contributed by atoms with van der Waals surface area (Å²) in [6, 6.07) is 6.05. The SMILES string of the molecule is CCc1cncc(CNCC(O)C2Cc3ccc(c(F)c3)OCCCCC(=O)N(C)CC(=O)N2)c1. The predicted molar refractivity (Wildman–Crippen MR) is 130 cm³/mol. The number of carbonyl (C=O) groups is 2. The number of aliphatic hydroxyl groups excluding tert-OH is 1. The smallest absolute Gasteiger partial charge is 0.239 e. The Morgan fingerprint density at radius 3 is 2.83 bits per heavy atom. The van der Waals surface area contributed by atoms with E-state index < -0.39 is 18.0 Å². The molecule has 0 saturated carbocycles. The first-order chi connectivity index (χ1) is 16.9. The van der Waals surface area contributed by atoms with Gasteiger partial charge in [0.1, 0.15) is 0 Å². The Kier molecular flexibility index (Phi) is 9.98. The second-order valence-electron chi connectivity index (χ2n) is 8.95. The van der Waals surface area contributed by atoms with Gasteiger partial charge < -0.3 is 25.4 Å². The van der Waals surface area contributed by atoms with Crippen molar-refractivity contribution < 1.29 is 23.8 Å². The quantitative estimate of drug-likeness (QED) is 0.577. The summed E-state index contributed by atoms with van der Waals surface area (Å²) in [5.41, 5.74) is 2.75. The van der Waals surface area contributed by atoms with Crippen molar-refractivity contribution in [2.24, 2.45) is 0 Å². The maximum Gasteiger partial charge on any atom is 0.239 e. The van der Waals surface area contributed by atoms with Crippen molar-refractivity contribution in [1.82, 2.24) is 20.5 Å². The van der Waals surface area contributed by atoms with Gasteiger partial charge in [0.15, 0.2) is 11.6 Å². The van der Waals surface area contributed by atoms with Gasteiger partial charge in [0.05, 0.1) is 25.3 Å². The lowest BCUT2D eigenvalue weighted by Crippen LogP contribution is -2.51. The van der Waals surface area contributed by atoms with Gasteiger partial charge in [-0.3, -0.25) is 14.6 Å². The van der Waals surface area contributed by atoms with Crippen LogP contribution in [-0.4, -0.2) is 65.7 Å². The average molecular weight is 487 g/mol. The fraction of sp³-hybridized carbons (Fsp3) is 0.500. The number of hydrogen-bond acceptors (Lipinski definition) is 6. The maximum atomic E-state index is 14.6. The van der Waals surface area contributed by atoms with Crippen LogP contribution < -0.4 is 15.4 Å². The van der Waals surface area contributed by atoms with E-state index in [1.54, 1.807) is 25.4 Å². The zero-order chi connectivity index (χ0) is 25.2. The number of aliphatic hydroxyl groups is 1. The lowest BCUT2D eigenvalue weighted by atomic mass is 10.0. The molecule has 2 aromatic rings. The number of aromatic nitrogens is 1. The highest BCUT2D eigenvalue weighted by atomic mass is 19.1. The lowest BCUT2D eigenvalue weighted by Gasteiger charge is -2.26. The summed E-state index contributed by atoms with van der Waals surface area (Å²) in [6.45, 7) is 2.96. The van der Waals surface area contributed by atoms with E-state index >= 15 is 0 Å². The van der Waals surface area contributed by atoms with Crippen LogP contribution in [0.15, 0.2) is 36.7 Å². The number of likely N-dealkylation sites (N-methyl/N-ethyl adjacent to an activating group) is 1. The third-order valence-electron chi connectivity index (χ3n) is 6.05. The molecule has 2 unspecified atom stereocenters. The van der Waals surface area contributed by atoms with Crippen molar-refractivity contribution in [2.75, 3.05) is 26.7 Å². The number of nitrogens with one attached hydrogen (secondary N) is 2. The van der Waals surface area contributed by atoms with Crippen LogP contribution in [0.3, 0.4) is 0 Å². The van der Waals surface area contributed by atoms with Crippen LogP contribution in [0.4, 0.5) is 4.39 Å². The minimum absolute atomic E-state index is 0.116. The molecule has 2 atom stereocenters. The normalized spacial score (nSPS) is 18.7. The minimum atomic E-state index is -0.944. The molecule has 2 bridgehead atoms. The van der Waals surface area contributed by atoms with Crippen molar-refractivity contribution in [3.63, 3.8) is 0 Å². The molecular formula is C26H35FN4O4. The highest BCUT2D eigenvalue weighted by Crippen LogP contribution is 2.20. The summed E-state index contributed by atoms with van der Waals surface area (Å²) in [7, 11) is 1.58. The Morgan fingerprint density at radius 2 is 2.06 bits per heavy atom. The van der Waals surface area contributed by atoms with E-state index in [0.29, 0.717) is 31.6 Å². The molecule has 3 N–H and O–H groups in total. The van der Waals surface area contributed by atoms with Crippen molar-refractivity contribution in [2.45, 2.75) is 57.7 Å². The number of amides is 2. The molecule has 9 heteroatoms. The second kappa shape index (κ2) is 13.2. The van der Waals surface area contributed by atoms with Gasteiger partial charge in [0.25, 0.3) is 0 Å². The van der Waals surface area contributed by atoms with E-state index in [4.69, 9.17) is 4.74 Å². The number of nitrogens with zero attached hydrogens (tertiary/aromatic N) is 2. The monoisotopic (exact) mass is 486 g/mol. The Labute approximate surface area is 205 Å². The molecule has 35 heavy (non-hydrogen) atoms. The molecule has 1 aromatic carbocycles. The number of carbonyl (C=O) groups excluding carboxylic acids is 2.